The van der Waals surface area contributed by atoms with Crippen LogP contribution in [0.4, 0.5) is 0 Å². The lowest BCUT2D eigenvalue weighted by atomic mass is 10.3. The zero-order chi connectivity index (χ0) is 19.5. The van der Waals surface area contributed by atoms with E-state index in [2.05, 4.69) is 13.2 Å². The van der Waals surface area contributed by atoms with Gasteiger partial charge in [0.1, 0.15) is 25.4 Å². The highest BCUT2D eigenvalue weighted by molar-refractivity contribution is 5.89. The SMILES string of the molecule is C=C(C)C(=O)OCCOC(=O)c1ccc[n+](OCCOC(=O)C(=C)C)c1. The van der Waals surface area contributed by atoms with E-state index in [-0.39, 0.29) is 37.6 Å². The van der Waals surface area contributed by atoms with Crippen LogP contribution in [0.3, 0.4) is 0 Å². The van der Waals surface area contributed by atoms with E-state index in [1.165, 1.54) is 17.9 Å². The summed E-state index contributed by atoms with van der Waals surface area (Å²) < 4.78 is 16.0. The molecule has 0 atom stereocenters. The maximum Gasteiger partial charge on any atom is 0.344 e. The summed E-state index contributed by atoms with van der Waals surface area (Å²) in [5.74, 6) is -1.63. The molecule has 0 fully saturated rings. The zero-order valence-corrected chi connectivity index (χ0v) is 14.9. The third-order valence-electron chi connectivity index (χ3n) is 2.81. The first-order valence-corrected chi connectivity index (χ1v) is 7.78. The van der Waals surface area contributed by atoms with Crippen molar-refractivity contribution in [3.05, 3.63) is 54.4 Å². The molecule has 8 nitrogen and oxygen atoms in total. The van der Waals surface area contributed by atoms with Gasteiger partial charge in [0, 0.05) is 21.9 Å². The molecule has 8 heteroatoms. The molecule has 0 unspecified atom stereocenters. The van der Waals surface area contributed by atoms with Crippen molar-refractivity contribution in [3.63, 3.8) is 0 Å². The summed E-state index contributed by atoms with van der Waals surface area (Å²) in [5.41, 5.74) is 0.820. The quantitative estimate of drug-likeness (QED) is 0.199. The minimum Gasteiger partial charge on any atom is -0.459 e. The van der Waals surface area contributed by atoms with Gasteiger partial charge in [0.2, 0.25) is 12.4 Å². The Hall–Kier alpha value is -3.16. The molecule has 0 saturated heterocycles. The second-order valence-electron chi connectivity index (χ2n) is 5.25. The Kier molecular flexibility index (Phi) is 8.56. The first-order valence-electron chi connectivity index (χ1n) is 7.78. The van der Waals surface area contributed by atoms with Gasteiger partial charge in [0.05, 0.1) is 0 Å². The van der Waals surface area contributed by atoms with Crippen LogP contribution in [0.25, 0.3) is 0 Å². The Balaban J connectivity index is 2.39. The molecule has 26 heavy (non-hydrogen) atoms. The van der Waals surface area contributed by atoms with Gasteiger partial charge < -0.3 is 14.2 Å². The lowest BCUT2D eigenvalue weighted by molar-refractivity contribution is -0.891. The smallest absolute Gasteiger partial charge is 0.344 e. The average Bonchev–Trinajstić information content (AvgIpc) is 2.61. The summed E-state index contributed by atoms with van der Waals surface area (Å²) >= 11 is 0. The van der Waals surface area contributed by atoms with E-state index in [1.54, 1.807) is 25.3 Å². The monoisotopic (exact) mass is 364 g/mol. The maximum atomic E-state index is 11.9. The van der Waals surface area contributed by atoms with E-state index < -0.39 is 17.9 Å². The van der Waals surface area contributed by atoms with Crippen molar-refractivity contribution in [2.75, 3.05) is 26.4 Å². The van der Waals surface area contributed by atoms with Gasteiger partial charge in [0.15, 0.2) is 6.61 Å². The number of rotatable bonds is 10. The molecule has 140 valence electrons. The molecule has 0 spiro atoms. The third-order valence-corrected chi connectivity index (χ3v) is 2.81. The van der Waals surface area contributed by atoms with Gasteiger partial charge in [-0.15, -0.1) is 0 Å². The molecule has 0 aliphatic heterocycles. The molecule has 0 radical (unpaired) electrons. The van der Waals surface area contributed by atoms with Gasteiger partial charge in [-0.05, 0) is 19.9 Å². The van der Waals surface area contributed by atoms with Gasteiger partial charge in [-0.3, -0.25) is 4.84 Å². The first-order chi connectivity index (χ1) is 12.3. The Morgan fingerprint density at radius 1 is 0.923 bits per heavy atom. The van der Waals surface area contributed by atoms with Gasteiger partial charge in [-0.25, -0.2) is 14.4 Å². The highest BCUT2D eigenvalue weighted by Crippen LogP contribution is 1.99. The molecular formula is C18H22NO7+. The topological polar surface area (TPSA) is 92.0 Å². The van der Waals surface area contributed by atoms with Crippen LogP contribution in [0.5, 0.6) is 0 Å². The van der Waals surface area contributed by atoms with Crippen molar-refractivity contribution in [1.29, 1.82) is 0 Å². The number of aromatic nitrogens is 1. The number of hydrogen-bond acceptors (Lipinski definition) is 7. The van der Waals surface area contributed by atoms with E-state index in [1.807, 2.05) is 0 Å². The number of nitrogens with zero attached hydrogens (tertiary/aromatic N) is 1. The highest BCUT2D eigenvalue weighted by Gasteiger charge is 2.14. The van der Waals surface area contributed by atoms with Crippen LogP contribution >= 0.6 is 0 Å². The fourth-order valence-corrected chi connectivity index (χ4v) is 1.53. The van der Waals surface area contributed by atoms with Crippen LogP contribution in [-0.4, -0.2) is 44.3 Å². The number of pyridine rings is 1. The third kappa shape index (κ3) is 7.61. The minimum absolute atomic E-state index is 0.0431. The minimum atomic E-state index is -0.594. The molecule has 0 amide bonds. The van der Waals surface area contributed by atoms with Crippen LogP contribution < -0.4 is 9.57 Å². The fourth-order valence-electron chi connectivity index (χ4n) is 1.53. The Morgan fingerprint density at radius 2 is 1.46 bits per heavy atom. The molecular weight excluding hydrogens is 342 g/mol. The van der Waals surface area contributed by atoms with Crippen molar-refractivity contribution >= 4 is 17.9 Å². The molecule has 1 rings (SSSR count). The molecule has 0 aliphatic carbocycles. The maximum absolute atomic E-state index is 11.9. The Morgan fingerprint density at radius 3 is 2.04 bits per heavy atom. The van der Waals surface area contributed by atoms with Crippen molar-refractivity contribution in [2.24, 2.45) is 0 Å². The molecule has 1 aromatic heterocycles. The van der Waals surface area contributed by atoms with Crippen LogP contribution in [0.15, 0.2) is 48.8 Å². The molecule has 1 aromatic rings. The second kappa shape index (κ2) is 10.7. The molecule has 0 saturated carbocycles. The number of carbonyl (C=O) groups is 3. The molecule has 0 aliphatic rings. The van der Waals surface area contributed by atoms with Gasteiger partial charge in [-0.1, -0.05) is 13.2 Å². The number of ether oxygens (including phenoxy) is 3. The predicted molar refractivity (Wildman–Crippen MR) is 89.9 cm³/mol. The van der Waals surface area contributed by atoms with Crippen molar-refractivity contribution in [1.82, 2.24) is 0 Å². The second-order valence-corrected chi connectivity index (χ2v) is 5.25. The molecule has 1 heterocycles. The summed E-state index contributed by atoms with van der Waals surface area (Å²) in [7, 11) is 0. The van der Waals surface area contributed by atoms with Crippen LogP contribution in [0.2, 0.25) is 0 Å². The molecule has 0 aromatic carbocycles. The zero-order valence-electron chi connectivity index (χ0n) is 14.9. The van der Waals surface area contributed by atoms with E-state index in [9.17, 15) is 14.4 Å². The summed E-state index contributed by atoms with van der Waals surface area (Å²) in [4.78, 5) is 39.7. The largest absolute Gasteiger partial charge is 0.459 e. The summed E-state index contributed by atoms with van der Waals surface area (Å²) in [5, 5.41) is 0. The Labute approximate surface area is 151 Å². The van der Waals surface area contributed by atoms with Crippen molar-refractivity contribution < 1.29 is 38.2 Å². The predicted octanol–water partition coefficient (Wildman–Crippen LogP) is 0.798. The fraction of sp³-hybridized carbons (Fsp3) is 0.333. The van der Waals surface area contributed by atoms with E-state index in [4.69, 9.17) is 19.0 Å². The van der Waals surface area contributed by atoms with Gasteiger partial charge in [-0.2, -0.15) is 0 Å². The average molecular weight is 364 g/mol. The number of hydrogen-bond donors (Lipinski definition) is 0. The summed E-state index contributed by atoms with van der Waals surface area (Å²) in [6, 6.07) is 3.14. The summed E-state index contributed by atoms with van der Waals surface area (Å²) in [6.45, 7) is 9.98. The number of esters is 3. The van der Waals surface area contributed by atoms with E-state index >= 15 is 0 Å². The van der Waals surface area contributed by atoms with Crippen molar-refractivity contribution in [3.8, 4) is 0 Å². The van der Waals surface area contributed by atoms with Crippen LogP contribution in [0.1, 0.15) is 24.2 Å². The normalized spacial score (nSPS) is 9.77. The Bertz CT molecular complexity index is 697. The van der Waals surface area contributed by atoms with E-state index in [0.29, 0.717) is 5.57 Å². The van der Waals surface area contributed by atoms with Crippen molar-refractivity contribution in [2.45, 2.75) is 13.8 Å². The van der Waals surface area contributed by atoms with E-state index in [0.717, 1.165) is 0 Å². The number of carbonyl (C=O) groups excluding carboxylic acids is 3. The summed E-state index contributed by atoms with van der Waals surface area (Å²) in [6.07, 6.45) is 2.99. The molecule has 0 N–H and O–H groups in total. The first kappa shape index (κ1) is 20.9. The van der Waals surface area contributed by atoms with Crippen LogP contribution in [0, 0.1) is 0 Å². The van der Waals surface area contributed by atoms with Gasteiger partial charge in [0.25, 0.3) is 0 Å². The van der Waals surface area contributed by atoms with Crippen LogP contribution in [-0.2, 0) is 23.8 Å². The lowest BCUT2D eigenvalue weighted by Crippen LogP contribution is -2.44. The standard InChI is InChI=1S/C18H22NO7/c1-13(2)16(20)23-8-9-25-18(22)15-6-5-7-19(12-15)26-11-10-24-17(21)14(3)4/h5-7,12H,1,3,8-11H2,2,4H3/q+1. The molecule has 0 bridgehead atoms. The lowest BCUT2D eigenvalue weighted by Gasteiger charge is -2.06. The highest BCUT2D eigenvalue weighted by atomic mass is 16.7. The van der Waals surface area contributed by atoms with Gasteiger partial charge >= 0.3 is 17.9 Å².